The van der Waals surface area contributed by atoms with Gasteiger partial charge in [0, 0.05) is 18.8 Å². The molecule has 1 saturated heterocycles. The molecule has 0 bridgehead atoms. The van der Waals surface area contributed by atoms with Crippen LogP contribution in [0.2, 0.25) is 0 Å². The van der Waals surface area contributed by atoms with E-state index in [4.69, 9.17) is 4.74 Å². The van der Waals surface area contributed by atoms with Crippen LogP contribution >= 0.6 is 0 Å². The third-order valence-corrected chi connectivity index (χ3v) is 4.80. The molecule has 2 heteroatoms. The highest BCUT2D eigenvalue weighted by atomic mass is 16.6. The summed E-state index contributed by atoms with van der Waals surface area (Å²) < 4.78 is 5.83. The van der Waals surface area contributed by atoms with Crippen LogP contribution < -0.4 is 0 Å². The quantitative estimate of drug-likeness (QED) is 0.554. The van der Waals surface area contributed by atoms with Crippen LogP contribution in [-0.4, -0.2) is 18.0 Å². The highest BCUT2D eigenvalue weighted by Crippen LogP contribution is 2.62. The fourth-order valence-electron chi connectivity index (χ4n) is 3.44. The van der Waals surface area contributed by atoms with Gasteiger partial charge in [0.25, 0.3) is 0 Å². The largest absolute Gasteiger partial charge is 0.369 e. The van der Waals surface area contributed by atoms with Crippen LogP contribution in [0.1, 0.15) is 52.4 Å². The van der Waals surface area contributed by atoms with E-state index >= 15 is 0 Å². The first-order valence-corrected chi connectivity index (χ1v) is 6.91. The molecular formula is C15H22O2. The lowest BCUT2D eigenvalue weighted by Gasteiger charge is -2.29. The maximum atomic E-state index is 11.6. The number of carbonyl (C=O) groups excluding carboxylic acids is 1. The van der Waals surface area contributed by atoms with Crippen LogP contribution in [0.5, 0.6) is 0 Å². The van der Waals surface area contributed by atoms with Crippen molar-refractivity contribution in [3.63, 3.8) is 0 Å². The lowest BCUT2D eigenvalue weighted by Crippen LogP contribution is -2.31. The molecule has 2 saturated carbocycles. The minimum Gasteiger partial charge on any atom is -0.369 e. The molecule has 1 heterocycles. The second-order valence-electron chi connectivity index (χ2n) is 6.37. The second-order valence-corrected chi connectivity index (χ2v) is 6.37. The zero-order chi connectivity index (χ0) is 12.0. The van der Waals surface area contributed by atoms with Crippen molar-refractivity contribution in [3.05, 3.63) is 11.6 Å². The first-order valence-electron chi connectivity index (χ1n) is 6.91. The van der Waals surface area contributed by atoms with Crippen LogP contribution in [0.3, 0.4) is 0 Å². The van der Waals surface area contributed by atoms with E-state index in [0.29, 0.717) is 29.3 Å². The third kappa shape index (κ3) is 2.20. The second kappa shape index (κ2) is 3.94. The maximum absolute atomic E-state index is 11.6. The van der Waals surface area contributed by atoms with Crippen LogP contribution in [0.4, 0.5) is 0 Å². The standard InChI is InChI=1S/C15H22O2/c1-10(2)3-4-13-14(17-13)12-9-11(16)5-6-15(12)7-8-15/h3,12-14H,4-9H2,1-2H3. The summed E-state index contributed by atoms with van der Waals surface area (Å²) in [6.45, 7) is 4.26. The van der Waals surface area contributed by atoms with Gasteiger partial charge in [-0.05, 0) is 44.9 Å². The van der Waals surface area contributed by atoms with Crippen molar-refractivity contribution in [2.45, 2.75) is 64.6 Å². The molecule has 0 aromatic carbocycles. The minimum absolute atomic E-state index is 0.386. The molecule has 3 aliphatic rings. The Bertz CT molecular complexity index is 361. The Morgan fingerprint density at radius 2 is 2.18 bits per heavy atom. The zero-order valence-electron chi connectivity index (χ0n) is 10.9. The van der Waals surface area contributed by atoms with Gasteiger partial charge in [0.2, 0.25) is 0 Å². The summed E-state index contributed by atoms with van der Waals surface area (Å²) >= 11 is 0. The molecule has 3 atom stereocenters. The molecule has 3 fully saturated rings. The maximum Gasteiger partial charge on any atom is 0.133 e. The van der Waals surface area contributed by atoms with E-state index in [2.05, 4.69) is 19.9 Å². The summed E-state index contributed by atoms with van der Waals surface area (Å²) in [6, 6.07) is 0. The summed E-state index contributed by atoms with van der Waals surface area (Å²) in [6.07, 6.45) is 9.49. The van der Waals surface area contributed by atoms with E-state index < -0.39 is 0 Å². The van der Waals surface area contributed by atoms with Gasteiger partial charge in [-0.25, -0.2) is 0 Å². The molecule has 3 unspecified atom stereocenters. The van der Waals surface area contributed by atoms with Gasteiger partial charge in [-0.2, -0.15) is 0 Å². The van der Waals surface area contributed by atoms with Crippen LogP contribution in [0.15, 0.2) is 11.6 Å². The third-order valence-electron chi connectivity index (χ3n) is 4.80. The van der Waals surface area contributed by atoms with Crippen molar-refractivity contribution in [1.82, 2.24) is 0 Å². The van der Waals surface area contributed by atoms with Gasteiger partial charge in [0.1, 0.15) is 5.78 Å². The van der Waals surface area contributed by atoms with Crippen LogP contribution in [0, 0.1) is 11.3 Å². The van der Waals surface area contributed by atoms with Gasteiger partial charge in [0.05, 0.1) is 12.2 Å². The molecule has 0 amide bonds. The predicted molar refractivity (Wildman–Crippen MR) is 66.7 cm³/mol. The van der Waals surface area contributed by atoms with Crippen molar-refractivity contribution in [2.24, 2.45) is 11.3 Å². The number of ketones is 1. The molecule has 2 aliphatic carbocycles. The minimum atomic E-state index is 0.386. The van der Waals surface area contributed by atoms with Gasteiger partial charge in [-0.1, -0.05) is 11.6 Å². The summed E-state index contributed by atoms with van der Waals surface area (Å²) in [5, 5.41) is 0. The fraction of sp³-hybridized carbons (Fsp3) is 0.800. The number of epoxide rings is 1. The molecule has 2 nitrogen and oxygen atoms in total. The Balaban J connectivity index is 1.61. The Kier molecular flexibility index (Phi) is 2.66. The lowest BCUT2D eigenvalue weighted by atomic mass is 9.73. The Labute approximate surface area is 103 Å². The summed E-state index contributed by atoms with van der Waals surface area (Å²) in [7, 11) is 0. The van der Waals surface area contributed by atoms with E-state index in [9.17, 15) is 4.79 Å². The Morgan fingerprint density at radius 3 is 2.82 bits per heavy atom. The fourth-order valence-corrected chi connectivity index (χ4v) is 3.44. The van der Waals surface area contributed by atoms with Crippen molar-refractivity contribution < 1.29 is 9.53 Å². The SMILES string of the molecule is CC(C)=CCC1OC1C1CC(=O)CCC12CC2. The normalized spacial score (nSPS) is 38.0. The highest BCUT2D eigenvalue weighted by Gasteiger charge is 2.60. The average molecular weight is 234 g/mol. The van der Waals surface area contributed by atoms with Crippen LogP contribution in [0.25, 0.3) is 0 Å². The van der Waals surface area contributed by atoms with Gasteiger partial charge < -0.3 is 4.74 Å². The molecule has 0 aromatic heterocycles. The molecule has 1 spiro atoms. The van der Waals surface area contributed by atoms with Crippen molar-refractivity contribution in [2.75, 3.05) is 0 Å². The lowest BCUT2D eigenvalue weighted by molar-refractivity contribution is -0.123. The number of carbonyl (C=O) groups is 1. The average Bonchev–Trinajstić information content (AvgIpc) is 3.17. The van der Waals surface area contributed by atoms with Gasteiger partial charge in [-0.3, -0.25) is 4.79 Å². The number of hydrogen-bond acceptors (Lipinski definition) is 2. The van der Waals surface area contributed by atoms with Crippen LogP contribution in [-0.2, 0) is 9.53 Å². The summed E-state index contributed by atoms with van der Waals surface area (Å²) in [5.74, 6) is 1.00. The van der Waals surface area contributed by atoms with Gasteiger partial charge >= 0.3 is 0 Å². The molecule has 0 radical (unpaired) electrons. The van der Waals surface area contributed by atoms with Gasteiger partial charge in [-0.15, -0.1) is 0 Å². The number of Topliss-reactive ketones (excluding diaryl/α,β-unsaturated/α-hetero) is 1. The summed E-state index contributed by atoms with van der Waals surface area (Å²) in [4.78, 5) is 11.6. The molecule has 0 aromatic rings. The smallest absolute Gasteiger partial charge is 0.133 e. The van der Waals surface area contributed by atoms with E-state index in [1.54, 1.807) is 0 Å². The van der Waals surface area contributed by atoms with Crippen molar-refractivity contribution in [1.29, 1.82) is 0 Å². The molecule has 94 valence electrons. The van der Waals surface area contributed by atoms with Crippen molar-refractivity contribution in [3.8, 4) is 0 Å². The first kappa shape index (κ1) is 11.5. The predicted octanol–water partition coefficient (Wildman–Crippen LogP) is 3.26. The number of rotatable bonds is 3. The van der Waals surface area contributed by atoms with E-state index in [-0.39, 0.29) is 0 Å². The summed E-state index contributed by atoms with van der Waals surface area (Å²) in [5.41, 5.74) is 1.87. The first-order chi connectivity index (χ1) is 8.11. The topological polar surface area (TPSA) is 29.6 Å². The van der Waals surface area contributed by atoms with E-state index in [1.807, 2.05) is 0 Å². The Morgan fingerprint density at radius 1 is 1.41 bits per heavy atom. The highest BCUT2D eigenvalue weighted by molar-refractivity contribution is 5.80. The Hall–Kier alpha value is -0.630. The molecular weight excluding hydrogens is 212 g/mol. The molecule has 1 aliphatic heterocycles. The number of hydrogen-bond donors (Lipinski definition) is 0. The molecule has 0 N–H and O–H groups in total. The number of ether oxygens (including phenoxy) is 1. The number of allylic oxidation sites excluding steroid dienone is 1. The van der Waals surface area contributed by atoms with Gasteiger partial charge in [0.15, 0.2) is 0 Å². The van der Waals surface area contributed by atoms with E-state index in [0.717, 1.165) is 25.7 Å². The zero-order valence-corrected chi connectivity index (χ0v) is 10.9. The molecule has 17 heavy (non-hydrogen) atoms. The van der Waals surface area contributed by atoms with E-state index in [1.165, 1.54) is 18.4 Å². The molecule has 3 rings (SSSR count). The monoisotopic (exact) mass is 234 g/mol. The van der Waals surface area contributed by atoms with Crippen molar-refractivity contribution >= 4 is 5.78 Å².